The molecule has 0 radical (unpaired) electrons. The van der Waals surface area contributed by atoms with Gasteiger partial charge in [-0.15, -0.1) is 0 Å². The predicted octanol–water partition coefficient (Wildman–Crippen LogP) is 1.15. The molecule has 4 atom stereocenters. The summed E-state index contributed by atoms with van der Waals surface area (Å²) in [6.07, 6.45) is 4.83. The van der Waals surface area contributed by atoms with Gasteiger partial charge in [0, 0.05) is 0 Å². The zero-order valence-electron chi connectivity index (χ0n) is 12.5. The number of para-hydroxylation sites is 1. The number of carbonyl (C=O) groups excluding carboxylic acids is 3. The number of imide groups is 1. The number of rotatable bonds is 2. The number of amides is 3. The number of aromatic hydroxyl groups is 1. The fourth-order valence-electron chi connectivity index (χ4n) is 4.02. The van der Waals surface area contributed by atoms with E-state index in [0.717, 1.165) is 11.4 Å². The van der Waals surface area contributed by atoms with E-state index >= 15 is 0 Å². The highest BCUT2D eigenvalue weighted by molar-refractivity contribution is 6.09. The topological polar surface area (TPSA) is 86.7 Å². The lowest BCUT2D eigenvalue weighted by Gasteiger charge is -2.18. The minimum atomic E-state index is -0.659. The summed E-state index contributed by atoms with van der Waals surface area (Å²) in [6.45, 7) is 1.67. The van der Waals surface area contributed by atoms with Crippen LogP contribution in [-0.4, -0.2) is 27.8 Å². The first kappa shape index (κ1) is 14.0. The number of phenols is 1. The number of allylic oxidation sites excluding steroid dienone is 2. The Balaban J connectivity index is 1.58. The molecular weight excluding hydrogens is 296 g/mol. The van der Waals surface area contributed by atoms with E-state index in [4.69, 9.17) is 0 Å². The first-order valence-corrected chi connectivity index (χ1v) is 7.64. The van der Waals surface area contributed by atoms with Gasteiger partial charge < -0.3 is 5.11 Å². The monoisotopic (exact) mass is 312 g/mol. The lowest BCUT2D eigenvalue weighted by Crippen LogP contribution is -2.47. The highest BCUT2D eigenvalue weighted by Crippen LogP contribution is 2.52. The molecule has 6 nitrogen and oxygen atoms in total. The number of benzene rings is 1. The van der Waals surface area contributed by atoms with E-state index in [1.165, 1.54) is 6.07 Å². The summed E-state index contributed by atoms with van der Waals surface area (Å²) >= 11 is 0. The maximum atomic E-state index is 12.5. The number of carbonyl (C=O) groups is 3. The number of nitrogens with zero attached hydrogens (tertiary/aromatic N) is 1. The number of phenolic OH excluding ortho intramolecular Hbond substituents is 1. The molecule has 2 N–H and O–H groups in total. The van der Waals surface area contributed by atoms with Gasteiger partial charge in [0.05, 0.1) is 17.4 Å². The first-order chi connectivity index (χ1) is 11.0. The largest absolute Gasteiger partial charge is 0.507 e. The zero-order valence-corrected chi connectivity index (χ0v) is 12.5. The third-order valence-electron chi connectivity index (χ3n) is 5.17. The van der Waals surface area contributed by atoms with Crippen molar-refractivity contribution < 1.29 is 19.5 Å². The van der Waals surface area contributed by atoms with Crippen molar-refractivity contribution in [2.75, 3.05) is 0 Å². The Hall–Kier alpha value is -2.63. The summed E-state index contributed by atoms with van der Waals surface area (Å²) in [5, 5.41) is 10.8. The molecule has 0 spiro atoms. The fraction of sp³-hybridized carbons (Fsp3) is 0.353. The molecule has 2 fully saturated rings. The van der Waals surface area contributed by atoms with Crippen LogP contribution in [0.15, 0.2) is 30.4 Å². The van der Waals surface area contributed by atoms with Crippen LogP contribution in [0.1, 0.15) is 22.3 Å². The Morgan fingerprint density at radius 3 is 2.39 bits per heavy atom. The lowest BCUT2D eigenvalue weighted by molar-refractivity contribution is -0.143. The van der Waals surface area contributed by atoms with Crippen molar-refractivity contribution in [2.24, 2.45) is 23.7 Å². The third-order valence-corrected chi connectivity index (χ3v) is 5.17. The molecule has 23 heavy (non-hydrogen) atoms. The first-order valence-electron chi connectivity index (χ1n) is 7.64. The van der Waals surface area contributed by atoms with Crippen LogP contribution < -0.4 is 5.43 Å². The van der Waals surface area contributed by atoms with Crippen LogP contribution in [0, 0.1) is 30.6 Å². The van der Waals surface area contributed by atoms with Gasteiger partial charge in [-0.1, -0.05) is 24.3 Å². The molecule has 3 aliphatic rings. The maximum absolute atomic E-state index is 12.5. The molecule has 3 amide bonds. The van der Waals surface area contributed by atoms with E-state index in [9.17, 15) is 19.5 Å². The number of hydrogen-bond donors (Lipinski definition) is 2. The molecular formula is C17H16N2O4. The molecule has 4 unspecified atom stereocenters. The molecule has 1 saturated carbocycles. The fourth-order valence-corrected chi connectivity index (χ4v) is 4.02. The van der Waals surface area contributed by atoms with Gasteiger partial charge in [0.15, 0.2) is 0 Å². The van der Waals surface area contributed by atoms with Crippen LogP contribution in [0.4, 0.5) is 0 Å². The molecule has 1 aromatic rings. The van der Waals surface area contributed by atoms with Crippen molar-refractivity contribution in [2.45, 2.75) is 13.3 Å². The van der Waals surface area contributed by atoms with E-state index in [1.807, 2.05) is 12.2 Å². The van der Waals surface area contributed by atoms with Gasteiger partial charge in [-0.2, -0.15) is 5.01 Å². The third kappa shape index (κ3) is 1.84. The number of hydrogen-bond acceptors (Lipinski definition) is 4. The van der Waals surface area contributed by atoms with Crippen molar-refractivity contribution in [3.63, 3.8) is 0 Å². The second kappa shape index (κ2) is 4.68. The summed E-state index contributed by atoms with van der Waals surface area (Å²) in [6, 6.07) is 4.76. The van der Waals surface area contributed by atoms with Crippen LogP contribution in [0.2, 0.25) is 0 Å². The lowest BCUT2D eigenvalue weighted by atomic mass is 9.85. The Morgan fingerprint density at radius 2 is 1.78 bits per heavy atom. The van der Waals surface area contributed by atoms with E-state index < -0.39 is 5.91 Å². The summed E-state index contributed by atoms with van der Waals surface area (Å²) < 4.78 is 0. The molecule has 2 bridgehead atoms. The van der Waals surface area contributed by atoms with Gasteiger partial charge in [0.2, 0.25) is 0 Å². The molecule has 1 heterocycles. The smallest absolute Gasteiger partial charge is 0.274 e. The Morgan fingerprint density at radius 1 is 1.17 bits per heavy atom. The summed E-state index contributed by atoms with van der Waals surface area (Å²) in [7, 11) is 0. The number of fused-ring (bicyclic) bond motifs is 5. The maximum Gasteiger partial charge on any atom is 0.274 e. The molecule has 1 saturated heterocycles. The van der Waals surface area contributed by atoms with E-state index in [1.54, 1.807) is 19.1 Å². The minimum Gasteiger partial charge on any atom is -0.507 e. The molecule has 4 rings (SSSR count). The Bertz CT molecular complexity index is 740. The van der Waals surface area contributed by atoms with E-state index in [2.05, 4.69) is 5.43 Å². The molecule has 1 aromatic carbocycles. The Labute approximate surface area is 132 Å². The van der Waals surface area contributed by atoms with Gasteiger partial charge in [-0.25, -0.2) is 0 Å². The molecule has 2 aliphatic carbocycles. The van der Waals surface area contributed by atoms with Gasteiger partial charge >= 0.3 is 0 Å². The highest BCUT2D eigenvalue weighted by Gasteiger charge is 2.59. The average molecular weight is 312 g/mol. The quantitative estimate of drug-likeness (QED) is 0.633. The van der Waals surface area contributed by atoms with Crippen LogP contribution in [0.3, 0.4) is 0 Å². The van der Waals surface area contributed by atoms with E-state index in [-0.39, 0.29) is 46.8 Å². The van der Waals surface area contributed by atoms with Crippen molar-refractivity contribution in [1.82, 2.24) is 10.4 Å². The van der Waals surface area contributed by atoms with Crippen molar-refractivity contribution >= 4 is 17.7 Å². The second-order valence-electron chi connectivity index (χ2n) is 6.42. The zero-order chi connectivity index (χ0) is 16.3. The minimum absolute atomic E-state index is 0.0451. The van der Waals surface area contributed by atoms with Gasteiger partial charge in [0.25, 0.3) is 17.7 Å². The van der Waals surface area contributed by atoms with Crippen molar-refractivity contribution in [3.05, 3.63) is 41.5 Å². The highest BCUT2D eigenvalue weighted by atomic mass is 16.3. The predicted molar refractivity (Wildman–Crippen MR) is 79.9 cm³/mol. The summed E-state index contributed by atoms with van der Waals surface area (Å²) in [4.78, 5) is 37.3. The molecule has 1 aliphatic heterocycles. The Kier molecular flexibility index (Phi) is 2.85. The van der Waals surface area contributed by atoms with Gasteiger partial charge in [-0.05, 0) is 36.8 Å². The summed E-state index contributed by atoms with van der Waals surface area (Å²) in [5.41, 5.74) is 2.96. The second-order valence-corrected chi connectivity index (χ2v) is 6.42. The van der Waals surface area contributed by atoms with Crippen LogP contribution >= 0.6 is 0 Å². The van der Waals surface area contributed by atoms with Crippen molar-refractivity contribution in [1.29, 1.82) is 0 Å². The molecule has 6 heteroatoms. The van der Waals surface area contributed by atoms with Crippen molar-refractivity contribution in [3.8, 4) is 5.75 Å². The molecule has 118 valence electrons. The average Bonchev–Trinajstić information content (AvgIpc) is 3.19. The standard InChI is InChI=1S/C17H16N2O4/c1-8-3-2-4-11(14(8)20)15(21)18-19-16(22)12-9-5-6-10(7-9)13(12)17(19)23/h2-6,9-10,12-13,20H,7H2,1H3,(H,18,21). The number of nitrogens with one attached hydrogen (secondary N) is 1. The molecule has 0 aromatic heterocycles. The number of hydrazine groups is 1. The van der Waals surface area contributed by atoms with Crippen LogP contribution in [0.25, 0.3) is 0 Å². The number of aryl methyl sites for hydroxylation is 1. The van der Waals surface area contributed by atoms with Crippen LogP contribution in [-0.2, 0) is 9.59 Å². The van der Waals surface area contributed by atoms with Crippen LogP contribution in [0.5, 0.6) is 5.75 Å². The normalized spacial score (nSPS) is 30.9. The summed E-state index contributed by atoms with van der Waals surface area (Å²) in [5.74, 6) is -2.03. The SMILES string of the molecule is Cc1cccc(C(=O)NN2C(=O)C3C4C=CC(C4)C3C2=O)c1O. The van der Waals surface area contributed by atoms with E-state index in [0.29, 0.717) is 5.56 Å². The van der Waals surface area contributed by atoms with Gasteiger partial charge in [-0.3, -0.25) is 19.8 Å². The van der Waals surface area contributed by atoms with Gasteiger partial charge in [0.1, 0.15) is 5.75 Å².